The van der Waals surface area contributed by atoms with Gasteiger partial charge in [-0.15, -0.1) is 12.3 Å². The molecule has 0 radical (unpaired) electrons. The lowest BCUT2D eigenvalue weighted by molar-refractivity contribution is 0.334. The molecule has 15 heavy (non-hydrogen) atoms. The van der Waals surface area contributed by atoms with Crippen LogP contribution in [-0.2, 0) is 0 Å². The monoisotopic (exact) mass is 207 g/mol. The highest BCUT2D eigenvalue weighted by atomic mass is 14.8. The van der Waals surface area contributed by atoms with Gasteiger partial charge in [0.15, 0.2) is 0 Å². The number of terminal acetylenes is 1. The predicted molar refractivity (Wildman–Crippen MR) is 66.7 cm³/mol. The molecule has 0 saturated heterocycles. The molecule has 0 amide bonds. The third-order valence-electron chi connectivity index (χ3n) is 3.38. The topological polar surface area (TPSA) is 12.0 Å². The number of hydrogen-bond donors (Lipinski definition) is 1. The highest BCUT2D eigenvalue weighted by Crippen LogP contribution is 2.25. The Morgan fingerprint density at radius 2 is 1.87 bits per heavy atom. The molecule has 0 aromatic carbocycles. The first-order valence-electron chi connectivity index (χ1n) is 6.57. The van der Waals surface area contributed by atoms with E-state index in [2.05, 4.69) is 11.2 Å². The molecule has 0 aromatic rings. The van der Waals surface area contributed by atoms with Crippen LogP contribution in [0.3, 0.4) is 0 Å². The molecule has 1 nitrogen and oxygen atoms in total. The molecule has 1 heteroatoms. The molecule has 0 bridgehead atoms. The zero-order valence-electron chi connectivity index (χ0n) is 9.93. The summed E-state index contributed by atoms with van der Waals surface area (Å²) in [4.78, 5) is 0. The van der Waals surface area contributed by atoms with E-state index in [9.17, 15) is 0 Å². The fourth-order valence-electron chi connectivity index (χ4n) is 2.38. The van der Waals surface area contributed by atoms with Gasteiger partial charge in [0.1, 0.15) is 0 Å². The molecule has 0 unspecified atom stereocenters. The van der Waals surface area contributed by atoms with Crippen LogP contribution in [0, 0.1) is 18.3 Å². The van der Waals surface area contributed by atoms with E-state index in [4.69, 9.17) is 6.42 Å². The molecule has 0 aliphatic heterocycles. The average Bonchev–Trinajstić information content (AvgIpc) is 2.29. The van der Waals surface area contributed by atoms with Crippen molar-refractivity contribution in [3.63, 3.8) is 0 Å². The summed E-state index contributed by atoms with van der Waals surface area (Å²) < 4.78 is 0. The van der Waals surface area contributed by atoms with Crippen molar-refractivity contribution in [1.82, 2.24) is 5.32 Å². The second kappa shape index (κ2) is 8.80. The average molecular weight is 207 g/mol. The Labute approximate surface area is 95.0 Å². The molecule has 0 aromatic heterocycles. The predicted octanol–water partition coefficient (Wildman–Crippen LogP) is 3.35. The summed E-state index contributed by atoms with van der Waals surface area (Å²) in [6.45, 7) is 2.36. The minimum Gasteiger partial charge on any atom is -0.317 e. The van der Waals surface area contributed by atoms with Gasteiger partial charge in [-0.2, -0.15) is 0 Å². The minimum atomic E-state index is 0.935. The van der Waals surface area contributed by atoms with Crippen molar-refractivity contribution in [3.05, 3.63) is 0 Å². The highest BCUT2D eigenvalue weighted by molar-refractivity contribution is 4.82. The Morgan fingerprint density at radius 3 is 2.60 bits per heavy atom. The van der Waals surface area contributed by atoms with Crippen LogP contribution >= 0.6 is 0 Å². The van der Waals surface area contributed by atoms with Crippen molar-refractivity contribution in [2.75, 3.05) is 13.1 Å². The van der Waals surface area contributed by atoms with Crippen molar-refractivity contribution in [2.24, 2.45) is 5.92 Å². The molecule has 1 aliphatic rings. The van der Waals surface area contributed by atoms with Gasteiger partial charge in [0.2, 0.25) is 0 Å². The maximum atomic E-state index is 5.20. The van der Waals surface area contributed by atoms with E-state index in [1.54, 1.807) is 0 Å². The quantitative estimate of drug-likeness (QED) is 0.498. The van der Waals surface area contributed by atoms with Gasteiger partial charge >= 0.3 is 0 Å². The number of nitrogens with one attached hydrogen (secondary N) is 1. The van der Waals surface area contributed by atoms with E-state index in [0.29, 0.717) is 0 Å². The maximum Gasteiger partial charge on any atom is 0.00865 e. The smallest absolute Gasteiger partial charge is 0.00865 e. The summed E-state index contributed by atoms with van der Waals surface area (Å²) in [5.74, 6) is 3.69. The van der Waals surface area contributed by atoms with Crippen molar-refractivity contribution in [1.29, 1.82) is 0 Å². The fraction of sp³-hybridized carbons (Fsp3) is 0.857. The van der Waals surface area contributed by atoms with Gasteiger partial charge in [-0.25, -0.2) is 0 Å². The zero-order chi connectivity index (χ0) is 10.8. The molecular formula is C14H25N. The summed E-state index contributed by atoms with van der Waals surface area (Å²) in [5, 5.41) is 3.52. The summed E-state index contributed by atoms with van der Waals surface area (Å²) in [5.41, 5.74) is 0. The van der Waals surface area contributed by atoms with Crippen molar-refractivity contribution in [3.8, 4) is 12.3 Å². The molecule has 1 N–H and O–H groups in total. The molecule has 1 fully saturated rings. The number of rotatable bonds is 7. The van der Waals surface area contributed by atoms with Crippen molar-refractivity contribution in [2.45, 2.75) is 57.8 Å². The molecule has 1 aliphatic carbocycles. The fourth-order valence-corrected chi connectivity index (χ4v) is 2.38. The van der Waals surface area contributed by atoms with Crippen LogP contribution < -0.4 is 5.32 Å². The van der Waals surface area contributed by atoms with Gasteiger partial charge < -0.3 is 5.32 Å². The van der Waals surface area contributed by atoms with Crippen LogP contribution in [0.2, 0.25) is 0 Å². The molecule has 1 saturated carbocycles. The molecule has 0 spiro atoms. The van der Waals surface area contributed by atoms with Gasteiger partial charge in [-0.1, -0.05) is 32.1 Å². The number of unbranched alkanes of at least 4 members (excludes halogenated alkanes) is 2. The third kappa shape index (κ3) is 6.57. The van der Waals surface area contributed by atoms with Gasteiger partial charge in [-0.05, 0) is 38.3 Å². The lowest BCUT2D eigenvalue weighted by Gasteiger charge is -2.21. The van der Waals surface area contributed by atoms with Gasteiger partial charge in [0, 0.05) is 6.42 Å². The molecule has 1 rings (SSSR count). The van der Waals surface area contributed by atoms with E-state index in [0.717, 1.165) is 18.9 Å². The second-order valence-electron chi connectivity index (χ2n) is 4.70. The van der Waals surface area contributed by atoms with E-state index in [1.807, 2.05) is 0 Å². The first-order valence-corrected chi connectivity index (χ1v) is 6.57. The molecular weight excluding hydrogens is 182 g/mol. The third-order valence-corrected chi connectivity index (χ3v) is 3.38. The molecule has 86 valence electrons. The van der Waals surface area contributed by atoms with Crippen LogP contribution in [0.5, 0.6) is 0 Å². The van der Waals surface area contributed by atoms with E-state index in [1.165, 1.54) is 57.9 Å². The van der Waals surface area contributed by atoms with Crippen molar-refractivity contribution < 1.29 is 0 Å². The molecule has 0 atom stereocenters. The Bertz CT molecular complexity index is 174. The Balaban J connectivity index is 1.82. The van der Waals surface area contributed by atoms with Gasteiger partial charge in [-0.3, -0.25) is 0 Å². The molecule has 0 heterocycles. The Kier molecular flexibility index (Phi) is 7.38. The SMILES string of the molecule is C#CCCCCNCCC1CCCCC1. The minimum absolute atomic E-state index is 0.935. The van der Waals surface area contributed by atoms with Crippen LogP contribution in [0.15, 0.2) is 0 Å². The second-order valence-corrected chi connectivity index (χ2v) is 4.70. The summed E-state index contributed by atoms with van der Waals surface area (Å²) in [6, 6.07) is 0. The largest absolute Gasteiger partial charge is 0.317 e. The highest BCUT2D eigenvalue weighted by Gasteiger charge is 2.12. The first kappa shape index (κ1) is 12.6. The van der Waals surface area contributed by atoms with Crippen LogP contribution in [0.4, 0.5) is 0 Å². The van der Waals surface area contributed by atoms with Crippen LogP contribution in [-0.4, -0.2) is 13.1 Å². The van der Waals surface area contributed by atoms with E-state index < -0.39 is 0 Å². The van der Waals surface area contributed by atoms with Crippen molar-refractivity contribution >= 4 is 0 Å². The van der Waals surface area contributed by atoms with Crippen LogP contribution in [0.1, 0.15) is 57.8 Å². The van der Waals surface area contributed by atoms with Gasteiger partial charge in [0.05, 0.1) is 0 Å². The van der Waals surface area contributed by atoms with E-state index in [-0.39, 0.29) is 0 Å². The van der Waals surface area contributed by atoms with Crippen LogP contribution in [0.25, 0.3) is 0 Å². The normalized spacial score (nSPS) is 17.5. The Morgan fingerprint density at radius 1 is 1.07 bits per heavy atom. The Hall–Kier alpha value is -0.480. The summed E-state index contributed by atoms with van der Waals surface area (Å²) in [7, 11) is 0. The lowest BCUT2D eigenvalue weighted by Crippen LogP contribution is -2.20. The lowest BCUT2D eigenvalue weighted by atomic mass is 9.87. The first-order chi connectivity index (χ1) is 7.43. The maximum absolute atomic E-state index is 5.20. The zero-order valence-corrected chi connectivity index (χ0v) is 9.93. The standard InChI is InChI=1S/C14H25N/c1-2-3-4-8-12-15-13-11-14-9-6-5-7-10-14/h1,14-15H,3-13H2. The summed E-state index contributed by atoms with van der Waals surface area (Å²) in [6.07, 6.45) is 17.3. The van der Waals surface area contributed by atoms with Gasteiger partial charge in [0.25, 0.3) is 0 Å². The van der Waals surface area contributed by atoms with E-state index >= 15 is 0 Å². The number of hydrogen-bond acceptors (Lipinski definition) is 1. The summed E-state index contributed by atoms with van der Waals surface area (Å²) >= 11 is 0.